The van der Waals surface area contributed by atoms with Crippen LogP contribution in [0.2, 0.25) is 0 Å². The molecule has 1 aliphatic heterocycles. The van der Waals surface area contributed by atoms with E-state index in [0.29, 0.717) is 11.3 Å². The van der Waals surface area contributed by atoms with Crippen LogP contribution in [0.15, 0.2) is 42.5 Å². The molecule has 0 aliphatic carbocycles. The zero-order valence-corrected chi connectivity index (χ0v) is 14.0. The Bertz CT molecular complexity index is 933. The summed E-state index contributed by atoms with van der Waals surface area (Å²) in [6.45, 7) is -0.0245. The third-order valence-corrected chi connectivity index (χ3v) is 3.61. The summed E-state index contributed by atoms with van der Waals surface area (Å²) in [7, 11) is 1.26. The molecule has 1 heterocycles. The van der Waals surface area contributed by atoms with Gasteiger partial charge in [-0.2, -0.15) is 0 Å². The molecule has 0 atom stereocenters. The lowest BCUT2D eigenvalue weighted by Crippen LogP contribution is -2.05. The predicted molar refractivity (Wildman–Crippen MR) is 91.7 cm³/mol. The van der Waals surface area contributed by atoms with Crippen molar-refractivity contribution in [3.05, 3.63) is 63.7 Å². The third-order valence-electron chi connectivity index (χ3n) is 3.61. The van der Waals surface area contributed by atoms with E-state index in [4.69, 9.17) is 14.2 Å². The molecule has 0 spiro atoms. The Balaban J connectivity index is 1.73. The highest BCUT2D eigenvalue weighted by Gasteiger charge is 2.22. The van der Waals surface area contributed by atoms with E-state index in [1.165, 1.54) is 49.6 Å². The first-order chi connectivity index (χ1) is 13.0. The number of nitro groups is 1. The summed E-state index contributed by atoms with van der Waals surface area (Å²) in [6.07, 6.45) is 2.31. The number of benzene rings is 2. The highest BCUT2D eigenvalue weighted by Crippen LogP contribution is 2.38. The summed E-state index contributed by atoms with van der Waals surface area (Å²) in [5, 5.41) is 11.2. The van der Waals surface area contributed by atoms with Gasteiger partial charge in [0.2, 0.25) is 6.79 Å². The number of rotatable bonds is 5. The van der Waals surface area contributed by atoms with Crippen LogP contribution in [0, 0.1) is 10.1 Å². The molecule has 0 bridgehead atoms. The molecule has 2 aromatic rings. The molecule has 0 fully saturated rings. The number of hydrogen-bond donors (Lipinski definition) is 0. The van der Waals surface area contributed by atoms with E-state index in [2.05, 4.69) is 4.74 Å². The second-order valence-corrected chi connectivity index (χ2v) is 5.29. The molecule has 0 saturated heterocycles. The molecule has 0 unspecified atom stereocenters. The molecule has 2 aromatic carbocycles. The topological polar surface area (TPSA) is 114 Å². The van der Waals surface area contributed by atoms with Crippen LogP contribution in [0.4, 0.5) is 5.69 Å². The van der Waals surface area contributed by atoms with Gasteiger partial charge < -0.3 is 18.9 Å². The number of ether oxygens (including phenoxy) is 4. The van der Waals surface area contributed by atoms with Gasteiger partial charge in [-0.05, 0) is 36.4 Å². The molecule has 3 rings (SSSR count). The van der Waals surface area contributed by atoms with E-state index in [0.717, 1.165) is 6.08 Å². The van der Waals surface area contributed by atoms with Crippen LogP contribution >= 0.6 is 0 Å². The largest absolute Gasteiger partial charge is 0.465 e. The maximum absolute atomic E-state index is 11.9. The third kappa shape index (κ3) is 4.03. The van der Waals surface area contributed by atoms with E-state index in [-0.39, 0.29) is 29.5 Å². The lowest BCUT2D eigenvalue weighted by atomic mass is 10.1. The molecular weight excluding hydrogens is 358 g/mol. The Morgan fingerprint density at radius 3 is 2.44 bits per heavy atom. The van der Waals surface area contributed by atoms with Gasteiger partial charge in [-0.25, -0.2) is 9.59 Å². The second kappa shape index (κ2) is 7.56. The van der Waals surface area contributed by atoms with Gasteiger partial charge >= 0.3 is 11.9 Å². The molecule has 9 nitrogen and oxygen atoms in total. The molecule has 27 heavy (non-hydrogen) atoms. The number of carbonyl (C=O) groups is 2. The van der Waals surface area contributed by atoms with Crippen LogP contribution in [0.25, 0.3) is 6.08 Å². The van der Waals surface area contributed by atoms with Gasteiger partial charge in [0.15, 0.2) is 11.5 Å². The maximum atomic E-state index is 11.9. The number of hydrogen-bond acceptors (Lipinski definition) is 8. The average Bonchev–Trinajstić information content (AvgIpc) is 3.13. The van der Waals surface area contributed by atoms with Crippen molar-refractivity contribution in [1.29, 1.82) is 0 Å². The highest BCUT2D eigenvalue weighted by molar-refractivity contribution is 5.91. The molecule has 0 aromatic heterocycles. The maximum Gasteiger partial charge on any atom is 0.337 e. The summed E-state index contributed by atoms with van der Waals surface area (Å²) < 4.78 is 20.0. The molecule has 0 saturated carbocycles. The van der Waals surface area contributed by atoms with Crippen molar-refractivity contribution in [1.82, 2.24) is 0 Å². The summed E-state index contributed by atoms with van der Waals surface area (Å²) in [6, 6.07) is 8.40. The zero-order chi connectivity index (χ0) is 19.4. The van der Waals surface area contributed by atoms with Crippen molar-refractivity contribution < 1.29 is 33.5 Å². The molecule has 1 aliphatic rings. The fourth-order valence-electron chi connectivity index (χ4n) is 2.32. The summed E-state index contributed by atoms with van der Waals surface area (Å²) in [4.78, 5) is 33.9. The van der Waals surface area contributed by atoms with Crippen LogP contribution in [-0.4, -0.2) is 30.8 Å². The highest BCUT2D eigenvalue weighted by atomic mass is 16.7. The fourth-order valence-corrected chi connectivity index (χ4v) is 2.32. The standard InChI is InChI=1S/C18H13NO8/c1-24-18(21)11-2-5-13(6-3-11)27-17(20)7-4-12-8-15-16(26-10-25-15)9-14(12)19(22)23/h2-9H,10H2,1H3/b7-4+. The molecule has 9 heteroatoms. The minimum absolute atomic E-state index is 0.0245. The lowest BCUT2D eigenvalue weighted by Gasteiger charge is -2.03. The lowest BCUT2D eigenvalue weighted by molar-refractivity contribution is -0.385. The molecule has 0 N–H and O–H groups in total. The summed E-state index contributed by atoms with van der Waals surface area (Å²) >= 11 is 0. The minimum atomic E-state index is -0.743. The van der Waals surface area contributed by atoms with Crippen molar-refractivity contribution in [3.8, 4) is 17.2 Å². The van der Waals surface area contributed by atoms with Crippen molar-refractivity contribution >= 4 is 23.7 Å². The van der Waals surface area contributed by atoms with Gasteiger partial charge in [-0.3, -0.25) is 10.1 Å². The first kappa shape index (κ1) is 17.9. The van der Waals surface area contributed by atoms with Gasteiger partial charge in [-0.15, -0.1) is 0 Å². The average molecular weight is 371 g/mol. The van der Waals surface area contributed by atoms with Crippen molar-refractivity contribution in [2.24, 2.45) is 0 Å². The molecule has 0 radical (unpaired) electrons. The van der Waals surface area contributed by atoms with E-state index in [1.807, 2.05) is 0 Å². The van der Waals surface area contributed by atoms with Crippen LogP contribution in [0.3, 0.4) is 0 Å². The van der Waals surface area contributed by atoms with Crippen molar-refractivity contribution in [3.63, 3.8) is 0 Å². The van der Waals surface area contributed by atoms with Crippen LogP contribution in [-0.2, 0) is 9.53 Å². The number of carbonyl (C=O) groups excluding carboxylic acids is 2. The predicted octanol–water partition coefficient (Wildman–Crippen LogP) is 2.73. The van der Waals surface area contributed by atoms with Gasteiger partial charge in [0, 0.05) is 6.08 Å². The van der Waals surface area contributed by atoms with Gasteiger partial charge in [-0.1, -0.05) is 0 Å². The number of esters is 2. The Morgan fingerprint density at radius 2 is 1.81 bits per heavy atom. The van der Waals surface area contributed by atoms with Gasteiger partial charge in [0.1, 0.15) is 5.75 Å². The van der Waals surface area contributed by atoms with Crippen LogP contribution in [0.5, 0.6) is 17.2 Å². The van der Waals surface area contributed by atoms with Crippen LogP contribution < -0.4 is 14.2 Å². The van der Waals surface area contributed by atoms with Crippen LogP contribution in [0.1, 0.15) is 15.9 Å². The Labute approximate surface area is 152 Å². The van der Waals surface area contributed by atoms with Gasteiger partial charge in [0.05, 0.1) is 29.2 Å². The first-order valence-electron chi connectivity index (χ1n) is 7.64. The van der Waals surface area contributed by atoms with E-state index < -0.39 is 16.9 Å². The Hall–Kier alpha value is -3.88. The summed E-state index contributed by atoms with van der Waals surface area (Å²) in [5.41, 5.74) is 0.247. The monoisotopic (exact) mass is 371 g/mol. The Morgan fingerprint density at radius 1 is 1.15 bits per heavy atom. The normalized spacial score (nSPS) is 12.0. The number of methoxy groups -OCH3 is 1. The first-order valence-corrected chi connectivity index (χ1v) is 7.64. The molecular formula is C18H13NO8. The van der Waals surface area contributed by atoms with E-state index in [1.54, 1.807) is 0 Å². The minimum Gasteiger partial charge on any atom is -0.465 e. The zero-order valence-electron chi connectivity index (χ0n) is 14.0. The van der Waals surface area contributed by atoms with E-state index in [9.17, 15) is 19.7 Å². The summed E-state index contributed by atoms with van der Waals surface area (Å²) in [5.74, 6) is -0.424. The smallest absolute Gasteiger partial charge is 0.337 e. The number of nitro benzene ring substituents is 1. The molecule has 0 amide bonds. The second-order valence-electron chi connectivity index (χ2n) is 5.29. The fraction of sp³-hybridized carbons (Fsp3) is 0.111. The van der Waals surface area contributed by atoms with Crippen molar-refractivity contribution in [2.45, 2.75) is 0 Å². The quantitative estimate of drug-likeness (QED) is 0.259. The van der Waals surface area contributed by atoms with E-state index >= 15 is 0 Å². The van der Waals surface area contributed by atoms with Crippen molar-refractivity contribution in [2.75, 3.05) is 13.9 Å². The SMILES string of the molecule is COC(=O)c1ccc(OC(=O)/C=C/c2cc3c(cc2[N+](=O)[O-])OCO3)cc1. The Kier molecular flexibility index (Phi) is 5.02. The molecule has 138 valence electrons. The number of nitrogens with zero attached hydrogens (tertiary/aromatic N) is 1. The van der Waals surface area contributed by atoms with Gasteiger partial charge in [0.25, 0.3) is 5.69 Å². The number of fused-ring (bicyclic) bond motifs is 1.